The van der Waals surface area contributed by atoms with Crippen LogP contribution in [0, 0.1) is 0 Å². The number of unbranched alkanes of at least 4 members (excludes halogenated alkanes) is 21. The van der Waals surface area contributed by atoms with E-state index in [1.54, 1.807) is 0 Å². The molecule has 0 fully saturated rings. The SMILES string of the molecule is CC/C=C\C/C=C\C/C=C\C/C=C\C/C=C\C/C=C\C/C=C\C/C=C\C/C=C\CCCCCC(=O)OC(COC(=O)CCCCCCCCCCCCCCCCCCCC/C=C\C/C=C\C/C=C\C/C=C\C/C=C\C/C=C\CC)COC(OCC[N+](C)(C)C)C(=O)O. The topological polar surface area (TPSA) is 108 Å². The summed E-state index contributed by atoms with van der Waals surface area (Å²) in [6, 6.07) is 0. The average Bonchev–Trinajstić information content (AvgIpc) is 3.38. The Balaban J connectivity index is 4.17. The molecule has 93 heavy (non-hydrogen) atoms. The van der Waals surface area contributed by atoms with Gasteiger partial charge in [-0.05, 0) is 135 Å². The molecule has 0 rings (SSSR count). The van der Waals surface area contributed by atoms with Gasteiger partial charge in [0, 0.05) is 12.8 Å². The van der Waals surface area contributed by atoms with E-state index in [9.17, 15) is 19.5 Å². The summed E-state index contributed by atoms with van der Waals surface area (Å²) in [6.07, 6.45) is 107. The van der Waals surface area contributed by atoms with Gasteiger partial charge in [0.25, 0.3) is 6.29 Å². The lowest BCUT2D eigenvalue weighted by Crippen LogP contribution is -2.40. The fourth-order valence-corrected chi connectivity index (χ4v) is 9.60. The summed E-state index contributed by atoms with van der Waals surface area (Å²) in [5.74, 6) is -2.06. The maximum atomic E-state index is 12.9. The normalized spacial score (nSPS) is 13.8. The van der Waals surface area contributed by atoms with Crippen LogP contribution in [-0.2, 0) is 33.3 Å². The second kappa shape index (κ2) is 72.2. The van der Waals surface area contributed by atoms with Gasteiger partial charge in [0.15, 0.2) is 6.10 Å². The highest BCUT2D eigenvalue weighted by Crippen LogP contribution is 2.16. The lowest BCUT2D eigenvalue weighted by Gasteiger charge is -2.25. The van der Waals surface area contributed by atoms with E-state index in [0.717, 1.165) is 135 Å². The van der Waals surface area contributed by atoms with Crippen LogP contribution in [0.4, 0.5) is 0 Å². The van der Waals surface area contributed by atoms with Crippen molar-refractivity contribution in [3.8, 4) is 0 Å². The largest absolute Gasteiger partial charge is 0.477 e. The van der Waals surface area contributed by atoms with E-state index in [0.29, 0.717) is 17.4 Å². The summed E-state index contributed by atoms with van der Waals surface area (Å²) in [5, 5.41) is 9.76. The highest BCUT2D eigenvalue weighted by atomic mass is 16.7. The second-order valence-corrected chi connectivity index (χ2v) is 25.1. The number of allylic oxidation sites excluding steroid dienone is 30. The molecule has 9 nitrogen and oxygen atoms in total. The molecule has 0 amide bonds. The van der Waals surface area contributed by atoms with Crippen LogP contribution in [0.15, 0.2) is 182 Å². The van der Waals surface area contributed by atoms with Crippen LogP contribution in [0.2, 0.25) is 0 Å². The number of hydrogen-bond donors (Lipinski definition) is 1. The molecule has 0 aliphatic carbocycles. The van der Waals surface area contributed by atoms with Crippen molar-refractivity contribution in [1.82, 2.24) is 0 Å². The van der Waals surface area contributed by atoms with Gasteiger partial charge in [-0.2, -0.15) is 0 Å². The lowest BCUT2D eigenvalue weighted by molar-refractivity contribution is -0.870. The summed E-state index contributed by atoms with van der Waals surface area (Å²) < 4.78 is 22.9. The molecule has 0 aromatic rings. The smallest absolute Gasteiger partial charge is 0.361 e. The first-order chi connectivity index (χ1) is 45.6. The minimum Gasteiger partial charge on any atom is -0.477 e. The predicted octanol–water partition coefficient (Wildman–Crippen LogP) is 23.6. The van der Waals surface area contributed by atoms with Crippen LogP contribution in [0.3, 0.4) is 0 Å². The molecule has 0 bridgehead atoms. The van der Waals surface area contributed by atoms with Gasteiger partial charge in [0.1, 0.15) is 13.2 Å². The summed E-state index contributed by atoms with van der Waals surface area (Å²) in [7, 11) is 5.96. The van der Waals surface area contributed by atoms with E-state index < -0.39 is 24.3 Å². The summed E-state index contributed by atoms with van der Waals surface area (Å²) in [6.45, 7) is 4.60. The van der Waals surface area contributed by atoms with E-state index in [2.05, 4.69) is 196 Å². The Morgan fingerprint density at radius 2 is 0.581 bits per heavy atom. The zero-order valence-electron chi connectivity index (χ0n) is 59.8. The molecular formula is C84H136NO8+. The molecule has 0 aliphatic heterocycles. The van der Waals surface area contributed by atoms with Crippen LogP contribution < -0.4 is 0 Å². The minimum atomic E-state index is -1.53. The van der Waals surface area contributed by atoms with Crippen LogP contribution in [-0.4, -0.2) is 87.4 Å². The Kier molecular flexibility index (Phi) is 67.9. The van der Waals surface area contributed by atoms with E-state index in [4.69, 9.17) is 18.9 Å². The Bertz CT molecular complexity index is 2190. The zero-order valence-corrected chi connectivity index (χ0v) is 59.8. The maximum absolute atomic E-state index is 12.9. The van der Waals surface area contributed by atoms with Crippen molar-refractivity contribution in [3.05, 3.63) is 182 Å². The molecule has 0 saturated carbocycles. The Morgan fingerprint density at radius 3 is 0.871 bits per heavy atom. The van der Waals surface area contributed by atoms with Crippen LogP contribution in [0.5, 0.6) is 0 Å². The van der Waals surface area contributed by atoms with Gasteiger partial charge in [-0.3, -0.25) is 9.59 Å². The molecule has 0 radical (unpaired) electrons. The monoisotopic (exact) mass is 1290 g/mol. The Labute approximate surface area is 570 Å². The second-order valence-electron chi connectivity index (χ2n) is 25.1. The highest BCUT2D eigenvalue weighted by molar-refractivity contribution is 5.71. The number of quaternary nitrogens is 1. The minimum absolute atomic E-state index is 0.172. The number of carboxylic acids is 1. The molecule has 0 aromatic carbocycles. The predicted molar refractivity (Wildman–Crippen MR) is 400 cm³/mol. The molecule has 9 heteroatoms. The Morgan fingerprint density at radius 1 is 0.323 bits per heavy atom. The van der Waals surface area contributed by atoms with Crippen molar-refractivity contribution in [2.45, 2.75) is 283 Å². The summed E-state index contributed by atoms with van der Waals surface area (Å²) in [5.41, 5.74) is 0. The van der Waals surface area contributed by atoms with Crippen molar-refractivity contribution >= 4 is 17.9 Å². The molecule has 0 spiro atoms. The van der Waals surface area contributed by atoms with E-state index in [-0.39, 0.29) is 38.6 Å². The fourth-order valence-electron chi connectivity index (χ4n) is 9.60. The molecule has 0 heterocycles. The van der Waals surface area contributed by atoms with Gasteiger partial charge in [-0.25, -0.2) is 4.79 Å². The number of likely N-dealkylation sites (N-methyl/N-ethyl adjacent to an activating group) is 1. The number of nitrogens with zero attached hydrogens (tertiary/aromatic N) is 1. The lowest BCUT2D eigenvalue weighted by atomic mass is 10.0. The first kappa shape index (κ1) is 87.4. The summed E-state index contributed by atoms with van der Waals surface area (Å²) >= 11 is 0. The maximum Gasteiger partial charge on any atom is 0.361 e. The number of carbonyl (C=O) groups is 3. The number of carboxylic acid groups (broad SMARTS) is 1. The van der Waals surface area contributed by atoms with Crippen molar-refractivity contribution < 1.29 is 42.9 Å². The molecule has 524 valence electrons. The van der Waals surface area contributed by atoms with Crippen LogP contribution in [0.1, 0.15) is 271 Å². The van der Waals surface area contributed by atoms with E-state index >= 15 is 0 Å². The van der Waals surface area contributed by atoms with Crippen molar-refractivity contribution in [3.63, 3.8) is 0 Å². The van der Waals surface area contributed by atoms with Gasteiger partial charge >= 0.3 is 17.9 Å². The standard InChI is InChI=1S/C84H135NO8/c1-6-8-10-12-14-16-18-20-22-24-26-28-30-32-34-36-38-39-40-41-42-43-45-46-48-50-52-54-56-58-60-62-64-66-68-70-72-74-81(86)91-78-80(79-92-84(83(88)89)90-77-76-85(3,4)5)93-82(87)75-73-71-69-67-65-63-61-59-57-55-53-51-49-47-44-37-35-33-31-29-27-25-23-21-19-17-15-13-11-9-7-2/h8-11,14-17,20-23,26-29,32-35,38-39,44,47,51,53,57,59,63,65,80,84H,6-7,12-13,18-19,24-25,30-31,36-37,40-43,45-46,48-50,52,54-56,58,60-62,64,66-79H2,1-5H3/p+1/b10-8-,11-9-,16-14-,17-15-,22-20-,23-21-,28-26-,29-27-,34-32-,35-33-,39-38-,47-44-,53-51-,59-57-,65-63-. The third-order valence-electron chi connectivity index (χ3n) is 15.2. The quantitative estimate of drug-likeness (QED) is 0.0211. The van der Waals surface area contributed by atoms with Gasteiger partial charge in [0.2, 0.25) is 0 Å². The number of hydrogen-bond acceptors (Lipinski definition) is 7. The highest BCUT2D eigenvalue weighted by Gasteiger charge is 2.25. The van der Waals surface area contributed by atoms with E-state index in [1.807, 2.05) is 21.1 Å². The number of rotatable bonds is 66. The number of aliphatic carboxylic acids is 1. The zero-order chi connectivity index (χ0) is 67.5. The average molecular weight is 1290 g/mol. The van der Waals surface area contributed by atoms with Crippen molar-refractivity contribution in [2.24, 2.45) is 0 Å². The molecule has 2 unspecified atom stereocenters. The van der Waals surface area contributed by atoms with Gasteiger partial charge in [-0.1, -0.05) is 305 Å². The van der Waals surface area contributed by atoms with Gasteiger partial charge in [0.05, 0.1) is 34.4 Å². The Hall–Kier alpha value is -5.61. The third-order valence-corrected chi connectivity index (χ3v) is 15.2. The number of carbonyl (C=O) groups excluding carboxylic acids is 2. The fraction of sp³-hybridized carbons (Fsp3) is 0.607. The van der Waals surface area contributed by atoms with Gasteiger partial charge < -0.3 is 28.5 Å². The van der Waals surface area contributed by atoms with Crippen LogP contribution >= 0.6 is 0 Å². The molecule has 0 aliphatic rings. The molecular weight excluding hydrogens is 1150 g/mol. The third kappa shape index (κ3) is 73.7. The van der Waals surface area contributed by atoms with Gasteiger partial charge in [-0.15, -0.1) is 0 Å². The molecule has 0 saturated heterocycles. The van der Waals surface area contributed by atoms with Crippen molar-refractivity contribution in [1.29, 1.82) is 0 Å². The molecule has 0 aromatic heterocycles. The number of ether oxygens (including phenoxy) is 4. The molecule has 2 atom stereocenters. The van der Waals surface area contributed by atoms with Crippen LogP contribution in [0.25, 0.3) is 0 Å². The number of esters is 2. The van der Waals surface area contributed by atoms with E-state index in [1.165, 1.54) is 103 Å². The van der Waals surface area contributed by atoms with Crippen molar-refractivity contribution in [2.75, 3.05) is 47.5 Å². The first-order valence-electron chi connectivity index (χ1n) is 36.9. The molecule has 1 N–H and O–H groups in total. The first-order valence-corrected chi connectivity index (χ1v) is 36.9. The summed E-state index contributed by atoms with van der Waals surface area (Å²) in [4.78, 5) is 37.7.